The van der Waals surface area contributed by atoms with E-state index in [-0.39, 0.29) is 0 Å². The van der Waals surface area contributed by atoms with Crippen molar-refractivity contribution in [3.63, 3.8) is 0 Å². The fourth-order valence-electron chi connectivity index (χ4n) is 2.56. The monoisotopic (exact) mass is 239 g/mol. The van der Waals surface area contributed by atoms with Gasteiger partial charge in [0, 0.05) is 34.7 Å². The van der Waals surface area contributed by atoms with Gasteiger partial charge in [0.15, 0.2) is 5.96 Å². The summed E-state index contributed by atoms with van der Waals surface area (Å²) in [7, 11) is 8.24. The third-order valence-electron chi connectivity index (χ3n) is 3.88. The van der Waals surface area contributed by atoms with E-state index in [0.29, 0.717) is 5.41 Å². The normalized spacial score (nSPS) is 28.7. The second-order valence-electron chi connectivity index (χ2n) is 6.40. The van der Waals surface area contributed by atoms with Crippen LogP contribution in [-0.4, -0.2) is 50.5 Å². The molecule has 1 fully saturated rings. The number of hydrogen-bond acceptors (Lipinski definition) is 1. The van der Waals surface area contributed by atoms with Gasteiger partial charge in [-0.1, -0.05) is 26.7 Å². The SMILES string of the molecule is CC1CCC(C)(CN=C(N(C)C)N(C)C)CC1. The Balaban J connectivity index is 2.61. The minimum Gasteiger partial charge on any atom is -0.349 e. The summed E-state index contributed by atoms with van der Waals surface area (Å²) in [5.74, 6) is 1.99. The molecule has 1 aliphatic rings. The number of hydrogen-bond donors (Lipinski definition) is 0. The molecule has 17 heavy (non-hydrogen) atoms. The molecule has 0 radical (unpaired) electrons. The van der Waals surface area contributed by atoms with Crippen molar-refractivity contribution in [2.45, 2.75) is 39.5 Å². The summed E-state index contributed by atoms with van der Waals surface area (Å²) in [5.41, 5.74) is 0.420. The first kappa shape index (κ1) is 14.3. The summed E-state index contributed by atoms with van der Waals surface area (Å²) >= 11 is 0. The van der Waals surface area contributed by atoms with Crippen LogP contribution in [0.5, 0.6) is 0 Å². The molecule has 0 aromatic carbocycles. The zero-order chi connectivity index (χ0) is 13.1. The van der Waals surface area contributed by atoms with E-state index in [2.05, 4.69) is 51.8 Å². The van der Waals surface area contributed by atoms with Gasteiger partial charge < -0.3 is 9.80 Å². The zero-order valence-electron chi connectivity index (χ0n) is 12.5. The molecule has 0 aliphatic heterocycles. The van der Waals surface area contributed by atoms with E-state index in [1.54, 1.807) is 0 Å². The van der Waals surface area contributed by atoms with Crippen molar-refractivity contribution >= 4 is 5.96 Å². The molecular formula is C14H29N3. The molecule has 1 rings (SSSR count). The van der Waals surface area contributed by atoms with Crippen LogP contribution in [0.3, 0.4) is 0 Å². The van der Waals surface area contributed by atoms with Gasteiger partial charge in [-0.3, -0.25) is 4.99 Å². The van der Waals surface area contributed by atoms with Gasteiger partial charge in [0.2, 0.25) is 0 Å². The molecule has 1 aliphatic carbocycles. The predicted molar refractivity (Wildman–Crippen MR) is 75.4 cm³/mol. The first-order valence-corrected chi connectivity index (χ1v) is 6.73. The first-order valence-electron chi connectivity index (χ1n) is 6.73. The van der Waals surface area contributed by atoms with E-state index in [9.17, 15) is 0 Å². The van der Waals surface area contributed by atoms with Crippen molar-refractivity contribution in [2.24, 2.45) is 16.3 Å². The highest BCUT2D eigenvalue weighted by Crippen LogP contribution is 2.38. The predicted octanol–water partition coefficient (Wildman–Crippen LogP) is 2.68. The van der Waals surface area contributed by atoms with Gasteiger partial charge in [-0.2, -0.15) is 0 Å². The van der Waals surface area contributed by atoms with Crippen LogP contribution in [0.1, 0.15) is 39.5 Å². The third kappa shape index (κ3) is 4.21. The van der Waals surface area contributed by atoms with Crippen LogP contribution in [0.2, 0.25) is 0 Å². The number of rotatable bonds is 2. The van der Waals surface area contributed by atoms with Crippen molar-refractivity contribution < 1.29 is 0 Å². The van der Waals surface area contributed by atoms with Crippen molar-refractivity contribution in [1.82, 2.24) is 9.80 Å². The summed E-state index contributed by atoms with van der Waals surface area (Å²) in [6, 6.07) is 0. The van der Waals surface area contributed by atoms with E-state index in [4.69, 9.17) is 4.99 Å². The summed E-state index contributed by atoms with van der Waals surface area (Å²) in [5, 5.41) is 0. The largest absolute Gasteiger partial charge is 0.349 e. The molecule has 0 aromatic rings. The lowest BCUT2D eigenvalue weighted by Gasteiger charge is -2.35. The van der Waals surface area contributed by atoms with E-state index in [0.717, 1.165) is 18.4 Å². The average molecular weight is 239 g/mol. The standard InChI is InChI=1S/C14H29N3/c1-12-7-9-14(2,10-8-12)11-15-13(16(3)4)17(5)6/h12H,7-11H2,1-6H3. The first-order chi connectivity index (χ1) is 7.84. The molecule has 0 spiro atoms. The lowest BCUT2D eigenvalue weighted by molar-refractivity contribution is 0.186. The van der Waals surface area contributed by atoms with Crippen LogP contribution in [0, 0.1) is 11.3 Å². The number of aliphatic imine (C=N–C) groups is 1. The van der Waals surface area contributed by atoms with Crippen LogP contribution in [0.15, 0.2) is 4.99 Å². The Bertz CT molecular complexity index is 251. The van der Waals surface area contributed by atoms with Gasteiger partial charge in [0.1, 0.15) is 0 Å². The van der Waals surface area contributed by atoms with Crippen molar-refractivity contribution in [3.8, 4) is 0 Å². The fraction of sp³-hybridized carbons (Fsp3) is 0.929. The Labute approximate surface area is 107 Å². The second-order valence-corrected chi connectivity index (χ2v) is 6.40. The van der Waals surface area contributed by atoms with Crippen LogP contribution in [0.4, 0.5) is 0 Å². The van der Waals surface area contributed by atoms with Gasteiger partial charge in [0.25, 0.3) is 0 Å². The highest BCUT2D eigenvalue weighted by atomic mass is 15.3. The maximum Gasteiger partial charge on any atom is 0.195 e. The Morgan fingerprint density at radius 2 is 1.59 bits per heavy atom. The molecule has 100 valence electrons. The molecule has 0 heterocycles. The van der Waals surface area contributed by atoms with E-state index < -0.39 is 0 Å². The highest BCUT2D eigenvalue weighted by Gasteiger charge is 2.29. The molecule has 0 unspecified atom stereocenters. The van der Waals surface area contributed by atoms with Crippen molar-refractivity contribution in [3.05, 3.63) is 0 Å². The Hall–Kier alpha value is -0.730. The lowest BCUT2D eigenvalue weighted by Crippen LogP contribution is -2.37. The third-order valence-corrected chi connectivity index (χ3v) is 3.88. The molecule has 1 saturated carbocycles. The topological polar surface area (TPSA) is 18.8 Å². The Morgan fingerprint density at radius 1 is 1.12 bits per heavy atom. The molecule has 3 heteroatoms. The fourth-order valence-corrected chi connectivity index (χ4v) is 2.56. The number of nitrogens with zero attached hydrogens (tertiary/aromatic N) is 3. The molecule has 3 nitrogen and oxygen atoms in total. The molecule has 0 bridgehead atoms. The second kappa shape index (κ2) is 5.74. The lowest BCUT2D eigenvalue weighted by atomic mass is 9.72. The molecule has 0 aromatic heterocycles. The molecule has 0 atom stereocenters. The van der Waals surface area contributed by atoms with Gasteiger partial charge in [-0.05, 0) is 24.2 Å². The van der Waals surface area contributed by atoms with Crippen molar-refractivity contribution in [1.29, 1.82) is 0 Å². The summed E-state index contributed by atoms with van der Waals surface area (Å²) in [6.45, 7) is 5.73. The molecular weight excluding hydrogens is 210 g/mol. The zero-order valence-corrected chi connectivity index (χ0v) is 12.5. The Morgan fingerprint density at radius 3 is 2.00 bits per heavy atom. The van der Waals surface area contributed by atoms with Crippen LogP contribution < -0.4 is 0 Å². The van der Waals surface area contributed by atoms with Gasteiger partial charge in [-0.15, -0.1) is 0 Å². The number of guanidine groups is 1. The van der Waals surface area contributed by atoms with E-state index in [1.807, 2.05) is 0 Å². The summed E-state index contributed by atoms with van der Waals surface area (Å²) in [6.07, 6.45) is 5.38. The van der Waals surface area contributed by atoms with Gasteiger partial charge in [0.05, 0.1) is 0 Å². The minimum absolute atomic E-state index is 0.420. The van der Waals surface area contributed by atoms with Gasteiger partial charge in [-0.25, -0.2) is 0 Å². The average Bonchev–Trinajstić information content (AvgIpc) is 2.22. The summed E-state index contributed by atoms with van der Waals surface area (Å²) < 4.78 is 0. The van der Waals surface area contributed by atoms with E-state index in [1.165, 1.54) is 25.7 Å². The quantitative estimate of drug-likeness (QED) is 0.545. The van der Waals surface area contributed by atoms with Crippen LogP contribution >= 0.6 is 0 Å². The smallest absolute Gasteiger partial charge is 0.195 e. The van der Waals surface area contributed by atoms with E-state index >= 15 is 0 Å². The van der Waals surface area contributed by atoms with Crippen LogP contribution in [0.25, 0.3) is 0 Å². The summed E-state index contributed by atoms with van der Waals surface area (Å²) in [4.78, 5) is 9.00. The van der Waals surface area contributed by atoms with Crippen LogP contribution in [-0.2, 0) is 0 Å². The van der Waals surface area contributed by atoms with Gasteiger partial charge >= 0.3 is 0 Å². The van der Waals surface area contributed by atoms with Crippen molar-refractivity contribution in [2.75, 3.05) is 34.7 Å². The Kier molecular flexibility index (Phi) is 4.84. The highest BCUT2D eigenvalue weighted by molar-refractivity contribution is 5.79. The molecule has 0 saturated heterocycles. The minimum atomic E-state index is 0.420. The maximum absolute atomic E-state index is 4.81. The maximum atomic E-state index is 4.81. The molecule has 0 amide bonds. The molecule has 0 N–H and O–H groups in total.